The van der Waals surface area contributed by atoms with Crippen LogP contribution in [0.5, 0.6) is 0 Å². The van der Waals surface area contributed by atoms with Crippen molar-refractivity contribution in [3.63, 3.8) is 0 Å². The highest BCUT2D eigenvalue weighted by molar-refractivity contribution is 6.32. The van der Waals surface area contributed by atoms with Crippen LogP contribution in [-0.4, -0.2) is 32.0 Å². The Kier molecular flexibility index (Phi) is 5.95. The van der Waals surface area contributed by atoms with Gasteiger partial charge in [0, 0.05) is 12.7 Å². The second kappa shape index (κ2) is 8.08. The molecule has 2 N–H and O–H groups in total. The van der Waals surface area contributed by atoms with Crippen molar-refractivity contribution in [2.45, 2.75) is 50.3 Å². The van der Waals surface area contributed by atoms with Gasteiger partial charge in [-0.05, 0) is 25.0 Å². The fourth-order valence-electron chi connectivity index (χ4n) is 3.22. The number of nitrogens with one attached hydrogen (secondary N) is 1. The molecule has 0 saturated heterocycles. The van der Waals surface area contributed by atoms with Gasteiger partial charge in [0.2, 0.25) is 0 Å². The van der Waals surface area contributed by atoms with Gasteiger partial charge in [-0.3, -0.25) is 4.79 Å². The van der Waals surface area contributed by atoms with Crippen LogP contribution in [0.1, 0.15) is 44.1 Å². The van der Waals surface area contributed by atoms with Gasteiger partial charge < -0.3 is 10.4 Å². The van der Waals surface area contributed by atoms with Crippen LogP contribution < -0.4 is 10.9 Å². The largest absolute Gasteiger partial charge is 0.417 e. The summed E-state index contributed by atoms with van der Waals surface area (Å²) < 4.78 is 38.7. The van der Waals surface area contributed by atoms with Crippen LogP contribution in [0.3, 0.4) is 0 Å². The first-order valence-electron chi connectivity index (χ1n) is 8.97. The quantitative estimate of drug-likeness (QED) is 0.741. The number of pyridine rings is 1. The summed E-state index contributed by atoms with van der Waals surface area (Å²) in [4.78, 5) is 16.1. The zero-order valence-electron chi connectivity index (χ0n) is 15.0. The van der Waals surface area contributed by atoms with E-state index < -0.39 is 22.9 Å². The van der Waals surface area contributed by atoms with Crippen LogP contribution >= 0.6 is 11.6 Å². The van der Waals surface area contributed by atoms with Gasteiger partial charge in [0.05, 0.1) is 23.0 Å². The normalized spacial score (nSPS) is 17.2. The van der Waals surface area contributed by atoms with E-state index in [0.717, 1.165) is 42.5 Å². The maximum absolute atomic E-state index is 12.6. The van der Waals surface area contributed by atoms with Crippen LogP contribution in [0.15, 0.2) is 29.3 Å². The summed E-state index contributed by atoms with van der Waals surface area (Å²) in [6, 6.07) is 1.87. The summed E-state index contributed by atoms with van der Waals surface area (Å²) >= 11 is 6.12. The highest BCUT2D eigenvalue weighted by Crippen LogP contribution is 2.29. The second-order valence-electron chi connectivity index (χ2n) is 6.98. The topological polar surface area (TPSA) is 80.0 Å². The van der Waals surface area contributed by atoms with Crippen molar-refractivity contribution >= 4 is 17.3 Å². The number of hydrogen-bond donors (Lipinski definition) is 2. The van der Waals surface area contributed by atoms with Gasteiger partial charge in [-0.15, -0.1) is 0 Å². The van der Waals surface area contributed by atoms with Crippen LogP contribution in [0.4, 0.5) is 18.9 Å². The summed E-state index contributed by atoms with van der Waals surface area (Å²) in [5.74, 6) is -0.0751. The lowest BCUT2D eigenvalue weighted by molar-refractivity contribution is -0.137. The second-order valence-corrected chi connectivity index (χ2v) is 7.36. The van der Waals surface area contributed by atoms with E-state index in [9.17, 15) is 23.1 Å². The van der Waals surface area contributed by atoms with Crippen molar-refractivity contribution in [2.75, 3.05) is 11.9 Å². The molecule has 2 aromatic rings. The number of aliphatic hydroxyl groups is 1. The average Bonchev–Trinajstić information content (AvgIpc) is 2.87. The van der Waals surface area contributed by atoms with E-state index >= 15 is 0 Å². The highest BCUT2D eigenvalue weighted by Gasteiger charge is 2.31. The molecule has 10 heteroatoms. The molecule has 0 aliphatic heterocycles. The van der Waals surface area contributed by atoms with Crippen molar-refractivity contribution in [1.29, 1.82) is 0 Å². The molecule has 0 bridgehead atoms. The molecule has 0 radical (unpaired) electrons. The van der Waals surface area contributed by atoms with Gasteiger partial charge in [0.1, 0.15) is 5.02 Å². The third kappa shape index (κ3) is 4.64. The molecular weight excluding hydrogens is 397 g/mol. The van der Waals surface area contributed by atoms with E-state index in [1.807, 2.05) is 0 Å². The van der Waals surface area contributed by atoms with Crippen molar-refractivity contribution in [3.8, 4) is 5.82 Å². The summed E-state index contributed by atoms with van der Waals surface area (Å²) in [5.41, 5.74) is -2.26. The van der Waals surface area contributed by atoms with Crippen LogP contribution in [0.25, 0.3) is 5.82 Å². The van der Waals surface area contributed by atoms with Gasteiger partial charge in [-0.1, -0.05) is 37.3 Å². The predicted octanol–water partition coefficient (Wildman–Crippen LogP) is 3.80. The van der Waals surface area contributed by atoms with E-state index in [-0.39, 0.29) is 23.1 Å². The summed E-state index contributed by atoms with van der Waals surface area (Å²) in [5, 5.41) is 17.4. The first-order chi connectivity index (χ1) is 13.2. The molecular formula is C18H20ClF3N4O2. The van der Waals surface area contributed by atoms with E-state index in [4.69, 9.17) is 11.6 Å². The Morgan fingerprint density at radius 3 is 2.43 bits per heavy atom. The molecule has 1 aliphatic rings. The number of alkyl halides is 3. The number of hydrogen-bond acceptors (Lipinski definition) is 5. The summed E-state index contributed by atoms with van der Waals surface area (Å²) in [7, 11) is 0. The standard InChI is InChI=1S/C18H20ClF3N4O2/c19-15-13(24-11-17(28)7-3-1-2-4-8-17)10-25-26(16(15)27)14-6-5-12(9-23-14)18(20,21)22/h5-6,9-10,24,28H,1-4,7-8,11H2. The van der Waals surface area contributed by atoms with Gasteiger partial charge >= 0.3 is 6.18 Å². The Hall–Kier alpha value is -2.13. The molecule has 3 rings (SSSR count). The Morgan fingerprint density at radius 1 is 1.18 bits per heavy atom. The zero-order valence-corrected chi connectivity index (χ0v) is 15.7. The van der Waals surface area contributed by atoms with Crippen LogP contribution in [0, 0.1) is 0 Å². The van der Waals surface area contributed by atoms with E-state index in [1.165, 1.54) is 6.20 Å². The molecule has 0 amide bonds. The molecule has 0 unspecified atom stereocenters. The maximum Gasteiger partial charge on any atom is 0.417 e. The number of rotatable bonds is 4. The van der Waals surface area contributed by atoms with Gasteiger partial charge in [0.25, 0.3) is 5.56 Å². The lowest BCUT2D eigenvalue weighted by Crippen LogP contribution is -2.37. The zero-order chi connectivity index (χ0) is 20.4. The molecule has 2 aromatic heterocycles. The molecule has 0 spiro atoms. The number of aromatic nitrogens is 3. The van der Waals surface area contributed by atoms with Crippen molar-refractivity contribution < 1.29 is 18.3 Å². The molecule has 1 aliphatic carbocycles. The number of halogens is 4. The maximum atomic E-state index is 12.6. The SMILES string of the molecule is O=c1c(Cl)c(NCC2(O)CCCCCC2)cnn1-c1ccc(C(F)(F)F)cn1. The number of anilines is 1. The summed E-state index contributed by atoms with van der Waals surface area (Å²) in [6.45, 7) is 0.233. The monoisotopic (exact) mass is 416 g/mol. The smallest absolute Gasteiger partial charge is 0.388 e. The first-order valence-corrected chi connectivity index (χ1v) is 9.35. The van der Waals surface area contributed by atoms with E-state index in [1.54, 1.807) is 0 Å². The summed E-state index contributed by atoms with van der Waals surface area (Å²) in [6.07, 6.45) is 2.77. The Bertz CT molecular complexity index is 876. The molecule has 152 valence electrons. The van der Waals surface area contributed by atoms with Gasteiger partial charge in [-0.25, -0.2) is 4.98 Å². The molecule has 2 heterocycles. The molecule has 0 aromatic carbocycles. The molecule has 1 fully saturated rings. The van der Waals surface area contributed by atoms with E-state index in [2.05, 4.69) is 15.4 Å². The minimum absolute atomic E-state index is 0.0751. The first kappa shape index (κ1) is 20.6. The van der Waals surface area contributed by atoms with Gasteiger partial charge in [0.15, 0.2) is 5.82 Å². The molecule has 1 saturated carbocycles. The number of nitrogens with zero attached hydrogens (tertiary/aromatic N) is 3. The van der Waals surface area contributed by atoms with Crippen LogP contribution in [0.2, 0.25) is 5.02 Å². The van der Waals surface area contributed by atoms with Crippen molar-refractivity contribution in [3.05, 3.63) is 45.5 Å². The lowest BCUT2D eigenvalue weighted by atomic mass is 9.94. The highest BCUT2D eigenvalue weighted by atomic mass is 35.5. The molecule has 28 heavy (non-hydrogen) atoms. The Labute approximate surface area is 164 Å². The fraction of sp³-hybridized carbons (Fsp3) is 0.500. The average molecular weight is 417 g/mol. The predicted molar refractivity (Wildman–Crippen MR) is 98.8 cm³/mol. The Morgan fingerprint density at radius 2 is 1.86 bits per heavy atom. The fourth-order valence-corrected chi connectivity index (χ4v) is 3.42. The van der Waals surface area contributed by atoms with Crippen molar-refractivity contribution in [2.24, 2.45) is 0 Å². The third-order valence-electron chi connectivity index (χ3n) is 4.85. The van der Waals surface area contributed by atoms with Crippen molar-refractivity contribution in [1.82, 2.24) is 14.8 Å². The molecule has 6 nitrogen and oxygen atoms in total. The third-order valence-corrected chi connectivity index (χ3v) is 5.22. The Balaban J connectivity index is 1.78. The van der Waals surface area contributed by atoms with Crippen LogP contribution in [-0.2, 0) is 6.18 Å². The minimum Gasteiger partial charge on any atom is -0.388 e. The van der Waals surface area contributed by atoms with E-state index in [0.29, 0.717) is 19.0 Å². The minimum atomic E-state index is -4.52. The lowest BCUT2D eigenvalue weighted by Gasteiger charge is -2.27. The molecule has 0 atom stereocenters. The van der Waals surface area contributed by atoms with Gasteiger partial charge in [-0.2, -0.15) is 23.0 Å².